The second kappa shape index (κ2) is 9.83. The van der Waals surface area contributed by atoms with Gasteiger partial charge in [0.1, 0.15) is 0 Å². The van der Waals surface area contributed by atoms with Crippen molar-refractivity contribution in [3.05, 3.63) is 0 Å². The Bertz CT molecular complexity index is 253. The molecular weight excluding hydrogens is 349 g/mol. The maximum atomic E-state index is 4.75. The highest BCUT2D eigenvalue weighted by Crippen LogP contribution is 2.21. The van der Waals surface area contributed by atoms with Crippen LogP contribution in [0.15, 0.2) is 4.99 Å². The Morgan fingerprint density at radius 1 is 1.16 bits per heavy atom. The summed E-state index contributed by atoms with van der Waals surface area (Å²) in [6, 6.07) is 0. The van der Waals surface area contributed by atoms with Crippen molar-refractivity contribution in [2.75, 3.05) is 26.2 Å². The van der Waals surface area contributed by atoms with Crippen molar-refractivity contribution in [1.82, 2.24) is 10.2 Å². The first kappa shape index (κ1) is 19.0. The summed E-state index contributed by atoms with van der Waals surface area (Å²) < 4.78 is 0. The van der Waals surface area contributed by atoms with Gasteiger partial charge in [-0.1, -0.05) is 27.2 Å². The van der Waals surface area contributed by atoms with E-state index in [-0.39, 0.29) is 24.0 Å². The van der Waals surface area contributed by atoms with E-state index < -0.39 is 0 Å². The van der Waals surface area contributed by atoms with E-state index in [9.17, 15) is 0 Å². The molecule has 1 fully saturated rings. The summed E-state index contributed by atoms with van der Waals surface area (Å²) in [6.45, 7) is 13.4. The van der Waals surface area contributed by atoms with E-state index >= 15 is 0 Å². The van der Waals surface area contributed by atoms with Gasteiger partial charge in [-0.05, 0) is 38.0 Å². The molecule has 0 radical (unpaired) electrons. The van der Waals surface area contributed by atoms with Gasteiger partial charge >= 0.3 is 0 Å². The molecule has 0 unspecified atom stereocenters. The van der Waals surface area contributed by atoms with E-state index in [1.165, 1.54) is 45.2 Å². The number of guanidine groups is 1. The largest absolute Gasteiger partial charge is 0.357 e. The van der Waals surface area contributed by atoms with Crippen molar-refractivity contribution >= 4 is 29.9 Å². The van der Waals surface area contributed by atoms with Crippen LogP contribution in [0.2, 0.25) is 0 Å². The fraction of sp³-hybridized carbons (Fsp3) is 0.933. The fourth-order valence-corrected chi connectivity index (χ4v) is 2.31. The number of hydrogen-bond acceptors (Lipinski definition) is 1. The van der Waals surface area contributed by atoms with Crippen molar-refractivity contribution in [3.63, 3.8) is 0 Å². The van der Waals surface area contributed by atoms with Gasteiger partial charge in [0.15, 0.2) is 5.96 Å². The molecule has 0 aliphatic carbocycles. The normalized spacial score (nSPS) is 16.4. The van der Waals surface area contributed by atoms with Crippen LogP contribution in [0, 0.1) is 5.41 Å². The quantitative estimate of drug-likeness (QED) is 0.339. The average Bonchev–Trinajstić information content (AvgIpc) is 2.79. The number of unbranched alkanes of at least 4 members (excludes halogenated alkanes) is 1. The Morgan fingerprint density at radius 3 is 2.32 bits per heavy atom. The highest BCUT2D eigenvalue weighted by Gasteiger charge is 2.15. The smallest absolute Gasteiger partial charge is 0.193 e. The molecule has 1 aliphatic rings. The Morgan fingerprint density at radius 2 is 1.79 bits per heavy atom. The third-order valence-corrected chi connectivity index (χ3v) is 3.34. The van der Waals surface area contributed by atoms with E-state index in [2.05, 4.69) is 37.9 Å². The molecule has 0 amide bonds. The zero-order chi connectivity index (χ0) is 13.4. The van der Waals surface area contributed by atoms with Crippen molar-refractivity contribution in [1.29, 1.82) is 0 Å². The maximum Gasteiger partial charge on any atom is 0.193 e. The minimum atomic E-state index is 0. The average molecular weight is 381 g/mol. The summed E-state index contributed by atoms with van der Waals surface area (Å²) in [7, 11) is 0. The summed E-state index contributed by atoms with van der Waals surface area (Å²) >= 11 is 0. The molecular formula is C15H32IN3. The molecule has 0 saturated carbocycles. The van der Waals surface area contributed by atoms with Crippen LogP contribution in [0.25, 0.3) is 0 Å². The van der Waals surface area contributed by atoms with Gasteiger partial charge in [0.05, 0.1) is 0 Å². The van der Waals surface area contributed by atoms with Gasteiger partial charge in [-0.3, -0.25) is 4.99 Å². The molecule has 1 heterocycles. The monoisotopic (exact) mass is 381 g/mol. The molecule has 0 bridgehead atoms. The number of rotatable bonds is 5. The van der Waals surface area contributed by atoms with Gasteiger partial charge in [0, 0.05) is 26.2 Å². The van der Waals surface area contributed by atoms with Gasteiger partial charge in [-0.25, -0.2) is 0 Å². The zero-order valence-electron chi connectivity index (χ0n) is 13.2. The van der Waals surface area contributed by atoms with Crippen LogP contribution in [0.5, 0.6) is 0 Å². The third kappa shape index (κ3) is 8.71. The molecule has 0 aromatic rings. The van der Waals surface area contributed by atoms with Crippen molar-refractivity contribution in [2.24, 2.45) is 10.4 Å². The molecule has 0 spiro atoms. The summed E-state index contributed by atoms with van der Waals surface area (Å²) in [5.41, 5.74) is 0.461. The second-order valence-electron chi connectivity index (χ2n) is 6.45. The van der Waals surface area contributed by atoms with Crippen LogP contribution in [-0.4, -0.2) is 37.0 Å². The van der Waals surface area contributed by atoms with Gasteiger partial charge in [-0.2, -0.15) is 0 Å². The zero-order valence-corrected chi connectivity index (χ0v) is 15.5. The van der Waals surface area contributed by atoms with Crippen LogP contribution in [0.3, 0.4) is 0 Å². The minimum absolute atomic E-state index is 0. The number of hydrogen-bond donors (Lipinski definition) is 1. The molecule has 0 aromatic heterocycles. The van der Waals surface area contributed by atoms with Crippen LogP contribution >= 0.6 is 24.0 Å². The highest BCUT2D eigenvalue weighted by atomic mass is 127. The molecule has 1 N–H and O–H groups in total. The van der Waals surface area contributed by atoms with E-state index in [1.807, 2.05) is 0 Å². The van der Waals surface area contributed by atoms with Gasteiger partial charge in [0.25, 0.3) is 0 Å². The number of nitrogens with one attached hydrogen (secondary N) is 1. The Hall–Kier alpha value is 0. The van der Waals surface area contributed by atoms with Crippen LogP contribution in [0.1, 0.15) is 59.8 Å². The first-order chi connectivity index (χ1) is 8.53. The first-order valence-corrected chi connectivity index (χ1v) is 7.56. The predicted octanol–water partition coefficient (Wildman–Crippen LogP) is 3.88. The van der Waals surface area contributed by atoms with Crippen LogP contribution in [-0.2, 0) is 0 Å². The topological polar surface area (TPSA) is 27.6 Å². The van der Waals surface area contributed by atoms with Crippen molar-refractivity contribution < 1.29 is 0 Å². The highest BCUT2D eigenvalue weighted by molar-refractivity contribution is 14.0. The van der Waals surface area contributed by atoms with E-state index in [1.54, 1.807) is 0 Å². The number of halogens is 1. The molecule has 19 heavy (non-hydrogen) atoms. The first-order valence-electron chi connectivity index (χ1n) is 7.56. The lowest BCUT2D eigenvalue weighted by Crippen LogP contribution is -2.39. The Balaban J connectivity index is 0.00000324. The summed E-state index contributed by atoms with van der Waals surface area (Å²) in [6.07, 6.45) is 6.41. The Labute approximate surface area is 136 Å². The molecule has 3 nitrogen and oxygen atoms in total. The summed E-state index contributed by atoms with van der Waals surface area (Å²) in [5.74, 6) is 1.13. The molecule has 0 atom stereocenters. The maximum absolute atomic E-state index is 4.75. The minimum Gasteiger partial charge on any atom is -0.357 e. The molecule has 1 aliphatic heterocycles. The predicted molar refractivity (Wildman–Crippen MR) is 95.5 cm³/mol. The summed E-state index contributed by atoms with van der Waals surface area (Å²) in [5, 5.41) is 3.41. The lowest BCUT2D eigenvalue weighted by Gasteiger charge is -2.21. The van der Waals surface area contributed by atoms with Crippen molar-refractivity contribution in [3.8, 4) is 0 Å². The third-order valence-electron chi connectivity index (χ3n) is 3.34. The van der Waals surface area contributed by atoms with E-state index in [0.29, 0.717) is 5.41 Å². The molecule has 114 valence electrons. The fourth-order valence-electron chi connectivity index (χ4n) is 2.31. The van der Waals surface area contributed by atoms with E-state index in [0.717, 1.165) is 19.0 Å². The molecule has 4 heteroatoms. The number of nitrogens with zero attached hydrogens (tertiary/aromatic N) is 2. The lowest BCUT2D eigenvalue weighted by molar-refractivity contribution is 0.361. The Kier molecular flexibility index (Phi) is 9.83. The van der Waals surface area contributed by atoms with Crippen LogP contribution < -0.4 is 5.32 Å². The van der Waals surface area contributed by atoms with Gasteiger partial charge < -0.3 is 10.2 Å². The van der Waals surface area contributed by atoms with Gasteiger partial charge in [0.2, 0.25) is 0 Å². The molecule has 0 aromatic carbocycles. The molecule has 1 rings (SSSR count). The van der Waals surface area contributed by atoms with Crippen LogP contribution in [0.4, 0.5) is 0 Å². The number of aliphatic imine (C=N–C) groups is 1. The SMILES string of the molecule is CCNC(=NCCCCC(C)(C)C)N1CCCC1.I. The van der Waals surface area contributed by atoms with Crippen molar-refractivity contribution in [2.45, 2.75) is 59.8 Å². The standard InChI is InChI=1S/C15H31N3.HI/c1-5-16-14(18-12-8-9-13-18)17-11-7-6-10-15(2,3)4;/h5-13H2,1-4H3,(H,16,17);1H. The second-order valence-corrected chi connectivity index (χ2v) is 6.45. The molecule has 1 saturated heterocycles. The summed E-state index contributed by atoms with van der Waals surface area (Å²) in [4.78, 5) is 7.14. The van der Waals surface area contributed by atoms with E-state index in [4.69, 9.17) is 4.99 Å². The van der Waals surface area contributed by atoms with Gasteiger partial charge in [-0.15, -0.1) is 24.0 Å². The lowest BCUT2D eigenvalue weighted by atomic mass is 9.90. The number of likely N-dealkylation sites (tertiary alicyclic amines) is 1.